The number of nitrogens with zero attached hydrogens (tertiary/aromatic N) is 1. The van der Waals surface area contributed by atoms with E-state index in [1.165, 1.54) is 18.2 Å². The van der Waals surface area contributed by atoms with E-state index in [9.17, 15) is 23.1 Å². The van der Waals surface area contributed by atoms with Gasteiger partial charge in [0, 0.05) is 11.8 Å². The molecule has 0 aliphatic rings. The third kappa shape index (κ3) is 5.99. The Balaban J connectivity index is 0.00000324. The summed E-state index contributed by atoms with van der Waals surface area (Å²) in [6, 6.07) is 4.21. The molecule has 0 fully saturated rings. The molecule has 0 N–H and O–H groups in total. The third-order valence-electron chi connectivity index (χ3n) is 2.18. The van der Waals surface area contributed by atoms with Crippen molar-refractivity contribution in [3.05, 3.63) is 38.9 Å². The Morgan fingerprint density at radius 2 is 2.05 bits per heavy atom. The first-order valence-corrected chi connectivity index (χ1v) is 8.04. The molecule has 0 saturated heterocycles. The quantitative estimate of drug-likeness (QED) is 0.238. The molecule has 0 radical (unpaired) electrons. The number of hydrogen-bond acceptors (Lipinski definition) is 6. The molecule has 19 heavy (non-hydrogen) atoms. The van der Waals surface area contributed by atoms with Crippen molar-refractivity contribution in [2.24, 2.45) is 0 Å². The molecule has 1 rings (SSSR count). The molecule has 0 bridgehead atoms. The van der Waals surface area contributed by atoms with Crippen molar-refractivity contribution in [2.45, 2.75) is 12.8 Å². The molecule has 1 unspecified atom stereocenters. The van der Waals surface area contributed by atoms with Gasteiger partial charge in [-0.15, -0.1) is 0 Å². The molecule has 10 heteroatoms. The predicted molar refractivity (Wildman–Crippen MR) is 68.7 cm³/mol. The SMILES string of the molecule is CC(CSS(=O)(=O)[O-])c1c(Cl)cccc1[N+](=O)[O-].[Na+]. The molecular weight excluding hydrogens is 325 g/mol. The minimum absolute atomic E-state index is 0. The van der Waals surface area contributed by atoms with Gasteiger partial charge in [-0.3, -0.25) is 10.1 Å². The van der Waals surface area contributed by atoms with E-state index in [2.05, 4.69) is 0 Å². The van der Waals surface area contributed by atoms with Gasteiger partial charge in [-0.1, -0.05) is 24.6 Å². The molecule has 1 aromatic rings. The first-order chi connectivity index (χ1) is 8.22. The smallest absolute Gasteiger partial charge is 0.739 e. The average molecular weight is 334 g/mol. The molecule has 0 spiro atoms. The van der Waals surface area contributed by atoms with Crippen molar-refractivity contribution in [3.8, 4) is 0 Å². The van der Waals surface area contributed by atoms with Crippen LogP contribution in [-0.4, -0.2) is 23.6 Å². The molecule has 6 nitrogen and oxygen atoms in total. The van der Waals surface area contributed by atoms with Crippen LogP contribution >= 0.6 is 22.4 Å². The maximum absolute atomic E-state index is 10.8. The summed E-state index contributed by atoms with van der Waals surface area (Å²) in [5.74, 6) is -0.607. The van der Waals surface area contributed by atoms with Crippen LogP contribution in [0.25, 0.3) is 0 Å². The van der Waals surface area contributed by atoms with Crippen molar-refractivity contribution in [1.29, 1.82) is 0 Å². The van der Waals surface area contributed by atoms with Gasteiger partial charge >= 0.3 is 29.6 Å². The van der Waals surface area contributed by atoms with Crippen molar-refractivity contribution >= 4 is 37.2 Å². The second-order valence-electron chi connectivity index (χ2n) is 3.52. The van der Waals surface area contributed by atoms with Gasteiger partial charge in [-0.2, -0.15) is 0 Å². The van der Waals surface area contributed by atoms with Gasteiger partial charge in [-0.05, 0) is 22.8 Å². The molecular formula is C9H9ClNNaO5S2. The van der Waals surface area contributed by atoms with Gasteiger partial charge in [0.25, 0.3) is 5.69 Å². The van der Waals surface area contributed by atoms with Gasteiger partial charge in [-0.25, -0.2) is 8.42 Å². The van der Waals surface area contributed by atoms with Crippen LogP contribution in [-0.2, 0) is 9.15 Å². The molecule has 0 aromatic heterocycles. The number of rotatable bonds is 5. The van der Waals surface area contributed by atoms with Crippen molar-refractivity contribution in [3.63, 3.8) is 0 Å². The molecule has 0 aliphatic carbocycles. The largest absolute Gasteiger partial charge is 1.00 e. The minimum atomic E-state index is -4.42. The second-order valence-corrected chi connectivity index (χ2v) is 7.25. The van der Waals surface area contributed by atoms with Crippen LogP contribution in [0.15, 0.2) is 18.2 Å². The van der Waals surface area contributed by atoms with Crippen LogP contribution in [0.2, 0.25) is 5.02 Å². The van der Waals surface area contributed by atoms with Crippen LogP contribution in [0, 0.1) is 10.1 Å². The van der Waals surface area contributed by atoms with E-state index in [4.69, 9.17) is 11.6 Å². The summed E-state index contributed by atoms with van der Waals surface area (Å²) in [6.45, 7) is 1.58. The Hall–Kier alpha value is 0.170. The monoisotopic (exact) mass is 333 g/mol. The van der Waals surface area contributed by atoms with Crippen LogP contribution in [0.1, 0.15) is 18.4 Å². The van der Waals surface area contributed by atoms with E-state index in [1.54, 1.807) is 6.92 Å². The Morgan fingerprint density at radius 1 is 1.47 bits per heavy atom. The zero-order chi connectivity index (χ0) is 13.9. The zero-order valence-corrected chi connectivity index (χ0v) is 14.6. The maximum Gasteiger partial charge on any atom is 1.00 e. The van der Waals surface area contributed by atoms with Crippen molar-refractivity contribution < 1.29 is 47.5 Å². The fourth-order valence-corrected chi connectivity index (χ4v) is 3.45. The van der Waals surface area contributed by atoms with E-state index in [0.717, 1.165) is 0 Å². The van der Waals surface area contributed by atoms with E-state index in [0.29, 0.717) is 0 Å². The number of nitro groups is 1. The Labute approximate surface area is 141 Å². The fraction of sp³-hybridized carbons (Fsp3) is 0.333. The normalized spacial score (nSPS) is 12.6. The summed E-state index contributed by atoms with van der Waals surface area (Å²) in [4.78, 5) is 10.3. The van der Waals surface area contributed by atoms with Gasteiger partial charge in [0.05, 0.1) is 15.5 Å². The maximum atomic E-state index is 10.8. The summed E-state index contributed by atoms with van der Waals surface area (Å²) < 4.78 is 31.5. The summed E-state index contributed by atoms with van der Waals surface area (Å²) in [5, 5.41) is 11.0. The number of hydrogen-bond donors (Lipinski definition) is 0. The average Bonchev–Trinajstić information content (AvgIpc) is 2.24. The Bertz CT molecular complexity index is 566. The standard InChI is InChI=1S/C9H10ClNO5S2.Na/c1-6(5-17-18(14,15)16)9-7(10)3-2-4-8(9)11(12)13;/h2-4,6H,5H2,1H3,(H,14,15,16);/q;+1/p-1. The van der Waals surface area contributed by atoms with E-state index in [-0.39, 0.29) is 62.4 Å². The zero-order valence-electron chi connectivity index (χ0n) is 10.2. The molecule has 0 heterocycles. The number of benzene rings is 1. The van der Waals surface area contributed by atoms with Crippen molar-refractivity contribution in [1.82, 2.24) is 0 Å². The molecule has 1 aromatic carbocycles. The predicted octanol–water partition coefficient (Wildman–Crippen LogP) is -0.451. The minimum Gasteiger partial charge on any atom is -0.739 e. The Morgan fingerprint density at radius 3 is 2.53 bits per heavy atom. The fourth-order valence-electron chi connectivity index (χ4n) is 1.44. The van der Waals surface area contributed by atoms with E-state index < -0.39 is 20.0 Å². The van der Waals surface area contributed by atoms with E-state index in [1.807, 2.05) is 0 Å². The molecule has 0 aliphatic heterocycles. The molecule has 0 saturated carbocycles. The third-order valence-corrected chi connectivity index (χ3v) is 4.71. The Kier molecular flexibility index (Phi) is 7.89. The second kappa shape index (κ2) is 7.82. The number of halogens is 1. The summed E-state index contributed by atoms with van der Waals surface area (Å²) in [7, 11) is -4.22. The van der Waals surface area contributed by atoms with Gasteiger partial charge < -0.3 is 4.55 Å². The van der Waals surface area contributed by atoms with Gasteiger partial charge in [0.15, 0.2) is 0 Å². The summed E-state index contributed by atoms with van der Waals surface area (Å²) >= 11 is 5.88. The topological polar surface area (TPSA) is 100 Å². The van der Waals surface area contributed by atoms with Gasteiger partial charge in [0.1, 0.15) is 9.15 Å². The molecule has 1 atom stereocenters. The first-order valence-electron chi connectivity index (χ1n) is 4.75. The van der Waals surface area contributed by atoms with Gasteiger partial charge in [0.2, 0.25) is 0 Å². The van der Waals surface area contributed by atoms with Crippen LogP contribution < -0.4 is 29.6 Å². The number of nitro benzene ring substituents is 1. The molecule has 100 valence electrons. The summed E-state index contributed by atoms with van der Waals surface area (Å²) in [5.41, 5.74) is 0.0548. The molecule has 0 amide bonds. The van der Waals surface area contributed by atoms with Crippen LogP contribution in [0.5, 0.6) is 0 Å². The first kappa shape index (κ1) is 19.2. The summed E-state index contributed by atoms with van der Waals surface area (Å²) in [6.07, 6.45) is 0. The van der Waals surface area contributed by atoms with E-state index >= 15 is 0 Å². The van der Waals surface area contributed by atoms with Crippen LogP contribution in [0.3, 0.4) is 0 Å². The van der Waals surface area contributed by atoms with Crippen LogP contribution in [0.4, 0.5) is 5.69 Å². The van der Waals surface area contributed by atoms with Crippen molar-refractivity contribution in [2.75, 3.05) is 5.75 Å².